The van der Waals surface area contributed by atoms with E-state index in [1.165, 1.54) is 0 Å². The van der Waals surface area contributed by atoms with Crippen LogP contribution in [0, 0.1) is 0 Å². The zero-order chi connectivity index (χ0) is 0. The average molecular weight is 254 g/mol. The minimum atomic E-state index is 0. The van der Waals surface area contributed by atoms with Crippen LogP contribution in [0.4, 0.5) is 0 Å². The summed E-state index contributed by atoms with van der Waals surface area (Å²) in [6.07, 6.45) is 0. The van der Waals surface area contributed by atoms with Crippen molar-refractivity contribution in [3.8, 4) is 0 Å². The number of hydrogen-bond donors (Lipinski definition) is 0. The van der Waals surface area contributed by atoms with Gasteiger partial charge in [-0.05, 0) is 0 Å². The van der Waals surface area contributed by atoms with Gasteiger partial charge in [-0.3, -0.25) is 0 Å². The molecule has 0 aromatic rings. The van der Waals surface area contributed by atoms with Crippen LogP contribution < -0.4 is 0 Å². The van der Waals surface area contributed by atoms with E-state index < -0.39 is 0 Å². The summed E-state index contributed by atoms with van der Waals surface area (Å²) in [5.74, 6) is 0. The summed E-state index contributed by atoms with van der Waals surface area (Å²) in [5, 5.41) is 0. The van der Waals surface area contributed by atoms with Crippen molar-refractivity contribution in [1.82, 2.24) is 0 Å². The van der Waals surface area contributed by atoms with Crippen molar-refractivity contribution < 1.29 is 68.3 Å². The monoisotopic (exact) mass is 252 g/mol. The molecule has 0 saturated heterocycles. The molecule has 4 heavy (non-hydrogen) atoms. The van der Waals surface area contributed by atoms with Gasteiger partial charge in [0.15, 0.2) is 0 Å². The van der Waals surface area contributed by atoms with Crippen LogP contribution in [0.3, 0.4) is 0 Å². The summed E-state index contributed by atoms with van der Waals surface area (Å²) in [6.45, 7) is 0. The Hall–Kier alpha value is 2.08. The molecule has 0 saturated carbocycles. The van der Waals surface area contributed by atoms with Crippen LogP contribution in [-0.4, -0.2) is 0 Å². The third kappa shape index (κ3) is 8.95. The van der Waals surface area contributed by atoms with Gasteiger partial charge in [-0.1, -0.05) is 0 Å². The molecular weight excluding hydrogens is 254 g/mol. The van der Waals surface area contributed by atoms with Crippen molar-refractivity contribution in [2.75, 3.05) is 0 Å². The number of hydrogen-bond acceptors (Lipinski definition) is 0. The normalized spacial score (nSPS) is 0. The molecule has 0 aromatic heterocycles. The molecule has 0 rings (SSSR count). The van der Waals surface area contributed by atoms with Crippen molar-refractivity contribution in [2.45, 2.75) is 0 Å². The Balaban J connectivity index is 0. The molecule has 0 aromatic carbocycles. The maximum absolute atomic E-state index is 0. The van der Waals surface area contributed by atoms with E-state index in [1.807, 2.05) is 0 Å². The molecule has 0 aliphatic heterocycles. The largest absolute Gasteiger partial charge is 0 e. The molecule has 0 N–H and O–H groups in total. The first-order valence-corrected chi connectivity index (χ1v) is 0. The van der Waals surface area contributed by atoms with E-state index in [0.717, 1.165) is 0 Å². The Morgan fingerprint density at radius 3 is 0.250 bits per heavy atom. The van der Waals surface area contributed by atoms with Crippen molar-refractivity contribution in [2.24, 2.45) is 0 Å². The molecule has 0 spiro atoms. The third-order valence-corrected chi connectivity index (χ3v) is 0. The van der Waals surface area contributed by atoms with E-state index in [9.17, 15) is 0 Å². The number of rotatable bonds is 0. The maximum atomic E-state index is 0. The average Bonchev–Trinajstić information content (AvgIpc) is 0. The van der Waals surface area contributed by atoms with Crippen LogP contribution in [0.15, 0.2) is 0 Å². The fourth-order valence-electron chi connectivity index (χ4n) is 0. The Morgan fingerprint density at radius 2 is 0.250 bits per heavy atom. The Kier molecular flexibility index (Phi) is 177. The molecule has 4 radical (unpaired) electrons. The van der Waals surface area contributed by atoms with Gasteiger partial charge in [0.1, 0.15) is 0 Å². The first-order valence-electron chi connectivity index (χ1n) is 0. The molecule has 44 valence electrons. The van der Waals surface area contributed by atoms with Crippen molar-refractivity contribution >= 4 is 0 Å². The quantitative estimate of drug-likeness (QED) is 0.533. The smallest absolute Gasteiger partial charge is 0 e. The SMILES string of the molecule is [Cu].[Cu].[Cu].[Cu]. The summed E-state index contributed by atoms with van der Waals surface area (Å²) >= 11 is 0. The molecule has 0 aliphatic rings. The van der Waals surface area contributed by atoms with Gasteiger partial charge in [0.2, 0.25) is 0 Å². The first-order chi connectivity index (χ1) is 0. The van der Waals surface area contributed by atoms with E-state index in [1.54, 1.807) is 0 Å². The Bertz CT molecular complexity index is 0. The van der Waals surface area contributed by atoms with Crippen LogP contribution in [-0.2, 0) is 68.3 Å². The van der Waals surface area contributed by atoms with Gasteiger partial charge in [0, 0.05) is 68.3 Å². The van der Waals surface area contributed by atoms with Crippen LogP contribution in [0.1, 0.15) is 0 Å². The molecule has 4 heteroatoms. The van der Waals surface area contributed by atoms with Crippen molar-refractivity contribution in [1.29, 1.82) is 0 Å². The van der Waals surface area contributed by atoms with Gasteiger partial charge < -0.3 is 0 Å². The van der Waals surface area contributed by atoms with Crippen molar-refractivity contribution in [3.63, 3.8) is 0 Å². The summed E-state index contributed by atoms with van der Waals surface area (Å²) in [7, 11) is 0. The predicted octanol–water partition coefficient (Wildman–Crippen LogP) is -0.0100. The first kappa shape index (κ1) is 36.3. The zero-order valence-corrected chi connectivity index (χ0v) is 4.97. The predicted molar refractivity (Wildman–Crippen MR) is 0 cm³/mol. The molecule has 0 atom stereocenters. The second kappa shape index (κ2) is 19.6. The molecule has 0 nitrogen and oxygen atoms in total. The van der Waals surface area contributed by atoms with Gasteiger partial charge in [0.05, 0.1) is 0 Å². The van der Waals surface area contributed by atoms with Gasteiger partial charge in [0.25, 0.3) is 0 Å². The fraction of sp³-hybridized carbons (Fsp3) is 0. The summed E-state index contributed by atoms with van der Waals surface area (Å²) < 4.78 is 0. The molecule has 0 amide bonds. The van der Waals surface area contributed by atoms with E-state index in [0.29, 0.717) is 0 Å². The topological polar surface area (TPSA) is 0 Å². The maximum Gasteiger partial charge on any atom is 0 e. The third-order valence-electron chi connectivity index (χ3n) is 0. The van der Waals surface area contributed by atoms with Crippen LogP contribution in [0.5, 0.6) is 0 Å². The molecule has 0 bridgehead atoms. The standard InChI is InChI=1S/4Cu. The fourth-order valence-corrected chi connectivity index (χ4v) is 0. The van der Waals surface area contributed by atoms with E-state index in [-0.39, 0.29) is 68.3 Å². The molecule has 0 unspecified atom stereocenters. The molecular formula is Cu4. The minimum absolute atomic E-state index is 0. The summed E-state index contributed by atoms with van der Waals surface area (Å²) in [6, 6.07) is 0. The van der Waals surface area contributed by atoms with Gasteiger partial charge in [-0.25, -0.2) is 0 Å². The van der Waals surface area contributed by atoms with Crippen LogP contribution >= 0.6 is 0 Å². The van der Waals surface area contributed by atoms with E-state index >= 15 is 0 Å². The zero-order valence-electron chi connectivity index (χ0n) is 1.21. The van der Waals surface area contributed by atoms with Crippen LogP contribution in [0.25, 0.3) is 0 Å². The second-order valence-corrected chi connectivity index (χ2v) is 0. The Labute approximate surface area is 67.8 Å². The van der Waals surface area contributed by atoms with E-state index in [4.69, 9.17) is 0 Å². The van der Waals surface area contributed by atoms with Gasteiger partial charge >= 0.3 is 0 Å². The van der Waals surface area contributed by atoms with Gasteiger partial charge in [-0.2, -0.15) is 0 Å². The minimum Gasteiger partial charge on any atom is 0 e. The molecule has 0 aliphatic carbocycles. The van der Waals surface area contributed by atoms with Crippen molar-refractivity contribution in [3.05, 3.63) is 0 Å². The second-order valence-electron chi connectivity index (χ2n) is 0. The summed E-state index contributed by atoms with van der Waals surface area (Å²) in [5.41, 5.74) is 0. The van der Waals surface area contributed by atoms with Gasteiger partial charge in [-0.15, -0.1) is 0 Å². The van der Waals surface area contributed by atoms with Crippen LogP contribution in [0.2, 0.25) is 0 Å². The molecule has 0 heterocycles. The Morgan fingerprint density at radius 1 is 0.250 bits per heavy atom. The van der Waals surface area contributed by atoms with E-state index in [2.05, 4.69) is 0 Å². The molecule has 0 fully saturated rings. The summed E-state index contributed by atoms with van der Waals surface area (Å²) in [4.78, 5) is 0.